The number of benzene rings is 8. The molecule has 62 heavy (non-hydrogen) atoms. The fourth-order valence-electron chi connectivity index (χ4n) is 8.55. The van der Waals surface area contributed by atoms with Gasteiger partial charge in [-0.15, -0.1) is 35.2 Å². The van der Waals surface area contributed by atoms with E-state index in [1.807, 2.05) is 36.4 Å². The zero-order valence-corrected chi connectivity index (χ0v) is 40.3. The quantitative estimate of drug-likeness (QED) is 0.154. The van der Waals surface area contributed by atoms with Crippen molar-refractivity contribution in [2.24, 2.45) is 0 Å². The third-order valence-corrected chi connectivity index (χ3v) is 13.7. The third-order valence-electron chi connectivity index (χ3n) is 11.7. The van der Waals surface area contributed by atoms with Crippen LogP contribution in [0.1, 0.15) is 81.3 Å². The van der Waals surface area contributed by atoms with Crippen LogP contribution in [0, 0.1) is 12.1 Å². The molecule has 0 unspecified atom stereocenters. The first-order chi connectivity index (χ1) is 29.8. The van der Waals surface area contributed by atoms with Crippen molar-refractivity contribution in [2.45, 2.75) is 65.2 Å². The molecule has 8 aromatic rings. The minimum Gasteiger partial charge on any atom is -0.273 e. The summed E-state index contributed by atoms with van der Waals surface area (Å²) in [6.07, 6.45) is 10.9. The summed E-state index contributed by atoms with van der Waals surface area (Å²) in [7, 11) is 0. The third kappa shape index (κ3) is 9.24. The van der Waals surface area contributed by atoms with E-state index in [4.69, 9.17) is 23.2 Å². The number of allylic oxidation sites excluding steroid dienone is 4. The molecule has 10 rings (SSSR count). The van der Waals surface area contributed by atoms with Gasteiger partial charge in [0, 0.05) is 0 Å². The Bertz CT molecular complexity index is 2790. The average Bonchev–Trinajstić information content (AvgIpc) is 3.98. The van der Waals surface area contributed by atoms with Crippen LogP contribution < -0.4 is 0 Å². The molecule has 0 amide bonds. The van der Waals surface area contributed by atoms with Gasteiger partial charge in [0.2, 0.25) is 0 Å². The van der Waals surface area contributed by atoms with E-state index in [0.29, 0.717) is 0 Å². The fourth-order valence-corrected chi connectivity index (χ4v) is 10.1. The molecule has 0 fully saturated rings. The van der Waals surface area contributed by atoms with Crippen LogP contribution in [-0.4, -0.2) is 3.21 Å². The molecule has 0 N–H and O–H groups in total. The van der Waals surface area contributed by atoms with E-state index >= 15 is 0 Å². The van der Waals surface area contributed by atoms with Crippen LogP contribution in [0.15, 0.2) is 170 Å². The number of rotatable bonds is 4. The Balaban J connectivity index is 0.000000159. The molecule has 304 valence electrons. The molecule has 0 spiro atoms. The molecular weight excluding hydrogens is 871 g/mol. The Morgan fingerprint density at radius 3 is 1.52 bits per heavy atom. The molecular formula is C59H50Cl2Zr. The molecule has 2 aliphatic rings. The maximum Gasteiger partial charge on any atom is -0.109 e. The number of hydrogen-bond donors (Lipinski definition) is 0. The van der Waals surface area contributed by atoms with Crippen LogP contribution in [0.2, 0.25) is 10.0 Å². The van der Waals surface area contributed by atoms with Crippen molar-refractivity contribution >= 4 is 48.0 Å². The summed E-state index contributed by atoms with van der Waals surface area (Å²) in [5, 5.41) is 6.15. The summed E-state index contributed by atoms with van der Waals surface area (Å²) in [6, 6.07) is 57.6. The Hall–Kier alpha value is -4.91. The SMILES string of the molecule is CC(C)(C)c1cc2c([c-]c1-c1ccccc1)Cc1cc(-c3ccccc3)c(C(C)(C)C)cc1-2.Clc1ccc([C](=[Zr+2])c2ccc(Cl)c3ccccc23)c2ccccc12.[C-]1=CC=CC1. The van der Waals surface area contributed by atoms with E-state index in [2.05, 4.69) is 187 Å². The van der Waals surface area contributed by atoms with Crippen molar-refractivity contribution in [3.63, 3.8) is 0 Å². The number of fused-ring (bicyclic) bond motifs is 5. The van der Waals surface area contributed by atoms with Gasteiger partial charge in [0.05, 0.1) is 0 Å². The monoisotopic (exact) mass is 918 g/mol. The first kappa shape index (κ1) is 43.7. The smallest absolute Gasteiger partial charge is 0.109 e. The van der Waals surface area contributed by atoms with Gasteiger partial charge in [0.15, 0.2) is 0 Å². The second-order valence-corrected chi connectivity index (χ2v) is 20.1. The minimum atomic E-state index is 0.0380. The summed E-state index contributed by atoms with van der Waals surface area (Å²) in [5.74, 6) is 0. The van der Waals surface area contributed by atoms with Gasteiger partial charge in [-0.25, -0.2) is 12.2 Å². The van der Waals surface area contributed by atoms with Gasteiger partial charge in [-0.1, -0.05) is 131 Å². The predicted octanol–water partition coefficient (Wildman–Crippen LogP) is 16.7. The molecule has 0 radical (unpaired) electrons. The van der Waals surface area contributed by atoms with Crippen molar-refractivity contribution in [1.82, 2.24) is 0 Å². The molecule has 0 saturated heterocycles. The van der Waals surface area contributed by atoms with Crippen molar-refractivity contribution in [3.05, 3.63) is 225 Å². The Labute approximate surface area is 393 Å². The molecule has 0 bridgehead atoms. The first-order valence-electron chi connectivity index (χ1n) is 21.3. The van der Waals surface area contributed by atoms with Gasteiger partial charge >= 0.3 is 166 Å². The number of halogens is 2. The van der Waals surface area contributed by atoms with Gasteiger partial charge in [0.25, 0.3) is 0 Å². The largest absolute Gasteiger partial charge is 0.273 e. The van der Waals surface area contributed by atoms with E-state index in [-0.39, 0.29) is 10.8 Å². The molecule has 8 aromatic carbocycles. The fraction of sp³-hybridized carbons (Fsp3) is 0.169. The Kier molecular flexibility index (Phi) is 13.0. The molecule has 0 heterocycles. The molecule has 2 aliphatic carbocycles. The van der Waals surface area contributed by atoms with Crippen molar-refractivity contribution in [2.75, 3.05) is 0 Å². The van der Waals surface area contributed by atoms with E-state index in [9.17, 15) is 0 Å². The maximum absolute atomic E-state index is 6.38. The average molecular weight is 921 g/mol. The topological polar surface area (TPSA) is 0 Å². The summed E-state index contributed by atoms with van der Waals surface area (Å²) in [4.78, 5) is 0. The summed E-state index contributed by atoms with van der Waals surface area (Å²) in [5.41, 5.74) is 16.0. The van der Waals surface area contributed by atoms with Gasteiger partial charge in [-0.2, -0.15) is 6.08 Å². The minimum absolute atomic E-state index is 0.0380. The standard InChI is InChI=1S/C33H33.C21H12Cl2.C5H5.Zr/c1-32(2,3)30-20-26-24(18-28(30)22-13-9-7-10-14-22)17-25-19-29(23-15-11-8-12-16-23)31(21-27(25)26)33(4,5)6;22-20-11-9-14(16-5-1-3-7-18(16)20)13-15-10-12-21(23)19-8-4-2-6-17(15)19;1-2-4-5-3-1;/h7-16,18,20-21H,17H2,1-6H3;1-12H;1-3H,4H2;/q-1;;-1;+2. The second kappa shape index (κ2) is 18.4. The van der Waals surface area contributed by atoms with Crippen molar-refractivity contribution in [1.29, 1.82) is 0 Å². The molecule has 0 atom stereocenters. The van der Waals surface area contributed by atoms with Crippen molar-refractivity contribution < 1.29 is 24.2 Å². The van der Waals surface area contributed by atoms with Gasteiger partial charge in [-0.05, 0) is 39.5 Å². The van der Waals surface area contributed by atoms with Gasteiger partial charge < -0.3 is 0 Å². The Morgan fingerprint density at radius 2 is 1.03 bits per heavy atom. The summed E-state index contributed by atoms with van der Waals surface area (Å²) >= 11 is 14.1. The van der Waals surface area contributed by atoms with E-state index in [1.54, 1.807) is 0 Å². The van der Waals surface area contributed by atoms with Crippen LogP contribution in [0.5, 0.6) is 0 Å². The molecule has 0 saturated carbocycles. The van der Waals surface area contributed by atoms with E-state index in [0.717, 1.165) is 33.7 Å². The van der Waals surface area contributed by atoms with Gasteiger partial charge in [-0.3, -0.25) is 6.08 Å². The van der Waals surface area contributed by atoms with Crippen molar-refractivity contribution in [3.8, 4) is 33.4 Å². The summed E-state index contributed by atoms with van der Waals surface area (Å²) in [6.45, 7) is 13.9. The zero-order valence-electron chi connectivity index (χ0n) is 36.3. The van der Waals surface area contributed by atoms with Crippen LogP contribution in [0.25, 0.3) is 54.9 Å². The van der Waals surface area contributed by atoms with E-state index in [1.165, 1.54) is 105 Å². The Morgan fingerprint density at radius 1 is 0.532 bits per heavy atom. The van der Waals surface area contributed by atoms with Crippen LogP contribution in [0.3, 0.4) is 0 Å². The molecule has 3 heteroatoms. The molecule has 0 aromatic heterocycles. The predicted molar refractivity (Wildman–Crippen MR) is 264 cm³/mol. The summed E-state index contributed by atoms with van der Waals surface area (Å²) < 4.78 is 1.31. The second-order valence-electron chi connectivity index (χ2n) is 18.1. The first-order valence-corrected chi connectivity index (χ1v) is 23.3. The normalized spacial score (nSPS) is 12.7. The van der Waals surface area contributed by atoms with Crippen LogP contribution in [-0.2, 0) is 41.5 Å². The number of hydrogen-bond acceptors (Lipinski definition) is 0. The van der Waals surface area contributed by atoms with Crippen LogP contribution >= 0.6 is 23.2 Å². The molecule has 0 nitrogen and oxygen atoms in total. The van der Waals surface area contributed by atoms with Crippen LogP contribution in [0.4, 0.5) is 0 Å². The maximum atomic E-state index is 6.38. The van der Waals surface area contributed by atoms with E-state index < -0.39 is 0 Å². The van der Waals surface area contributed by atoms with Gasteiger partial charge in [0.1, 0.15) is 0 Å². The molecule has 0 aliphatic heterocycles. The zero-order chi connectivity index (χ0) is 43.6.